The first-order valence-corrected chi connectivity index (χ1v) is 11.8. The molecule has 0 fully saturated rings. The standard InChI is InChI=1S/C25H21ClN8O3/c26-17-11-12-21(34-15-27-32-33-34)16(14-17)10-13-23(36)29-20-8-2-1-3-9-22(35)28-19-7-5-4-6-18(19)24-30-31-25(20)37-24/h1-2,4-7,10-15,20H,3,8-9H2,(H,28,35)(H,29,36)/b2-1?,13-10+/t20-/m0/s1. The van der Waals surface area contributed by atoms with Crippen LogP contribution in [-0.2, 0) is 9.59 Å². The number of para-hydroxylation sites is 1. The third-order valence-electron chi connectivity index (χ3n) is 5.56. The van der Waals surface area contributed by atoms with Crippen molar-refractivity contribution in [2.75, 3.05) is 5.32 Å². The molecule has 11 nitrogen and oxygen atoms in total. The molecule has 0 spiro atoms. The molecule has 12 heteroatoms. The highest BCUT2D eigenvalue weighted by atomic mass is 35.5. The zero-order chi connectivity index (χ0) is 25.6. The number of carbonyl (C=O) groups excluding carboxylic acids is 2. The van der Waals surface area contributed by atoms with Crippen LogP contribution in [-0.4, -0.2) is 42.2 Å². The summed E-state index contributed by atoms with van der Waals surface area (Å²) in [7, 11) is 0. The Morgan fingerprint density at radius 2 is 2.08 bits per heavy atom. The Hall–Kier alpha value is -4.64. The summed E-state index contributed by atoms with van der Waals surface area (Å²) in [6.45, 7) is 0. The Labute approximate surface area is 216 Å². The van der Waals surface area contributed by atoms with Crippen molar-refractivity contribution in [2.45, 2.75) is 25.3 Å². The second-order valence-electron chi connectivity index (χ2n) is 8.14. The zero-order valence-corrected chi connectivity index (χ0v) is 20.2. The topological polar surface area (TPSA) is 141 Å². The number of nitrogens with one attached hydrogen (secondary N) is 2. The third kappa shape index (κ3) is 5.78. The fourth-order valence-electron chi connectivity index (χ4n) is 3.79. The van der Waals surface area contributed by atoms with Crippen LogP contribution in [0.2, 0.25) is 5.02 Å². The van der Waals surface area contributed by atoms with E-state index in [9.17, 15) is 9.59 Å². The van der Waals surface area contributed by atoms with Gasteiger partial charge in [-0.25, -0.2) is 0 Å². The monoisotopic (exact) mass is 516 g/mol. The van der Waals surface area contributed by atoms with Gasteiger partial charge in [0.1, 0.15) is 12.4 Å². The quantitative estimate of drug-likeness (QED) is 0.307. The van der Waals surface area contributed by atoms with E-state index in [0.29, 0.717) is 46.8 Å². The molecule has 0 aliphatic carbocycles. The molecule has 0 unspecified atom stereocenters. The van der Waals surface area contributed by atoms with Crippen LogP contribution < -0.4 is 10.6 Å². The molecule has 0 radical (unpaired) electrons. The Balaban J connectivity index is 1.39. The van der Waals surface area contributed by atoms with Gasteiger partial charge in [0.05, 0.1) is 16.9 Å². The number of rotatable bonds is 4. The van der Waals surface area contributed by atoms with E-state index in [2.05, 4.69) is 36.4 Å². The summed E-state index contributed by atoms with van der Waals surface area (Å²) >= 11 is 6.16. The lowest BCUT2D eigenvalue weighted by atomic mass is 10.1. The number of aromatic nitrogens is 6. The fraction of sp³-hybridized carbons (Fsp3) is 0.160. The number of halogens is 1. The number of hydrogen-bond donors (Lipinski definition) is 2. The number of amides is 2. The number of allylic oxidation sites excluding steroid dienone is 1. The predicted molar refractivity (Wildman–Crippen MR) is 135 cm³/mol. The van der Waals surface area contributed by atoms with Gasteiger partial charge in [-0.15, -0.1) is 15.3 Å². The molecule has 0 saturated carbocycles. The van der Waals surface area contributed by atoms with E-state index in [-0.39, 0.29) is 23.6 Å². The number of tetrazole rings is 1. The van der Waals surface area contributed by atoms with Gasteiger partial charge in [0.25, 0.3) is 0 Å². The van der Waals surface area contributed by atoms with Gasteiger partial charge < -0.3 is 15.1 Å². The van der Waals surface area contributed by atoms with Gasteiger partial charge >= 0.3 is 0 Å². The second-order valence-corrected chi connectivity index (χ2v) is 8.57. The highest BCUT2D eigenvalue weighted by Crippen LogP contribution is 2.29. The van der Waals surface area contributed by atoms with E-state index < -0.39 is 6.04 Å². The number of fused-ring (bicyclic) bond motifs is 4. The van der Waals surface area contributed by atoms with Gasteiger partial charge in [-0.3, -0.25) is 9.59 Å². The molecule has 2 amide bonds. The first-order valence-electron chi connectivity index (χ1n) is 11.5. The van der Waals surface area contributed by atoms with Gasteiger partial charge in [0.2, 0.25) is 23.6 Å². The Morgan fingerprint density at radius 3 is 2.95 bits per heavy atom. The average Bonchev–Trinajstić information content (AvgIpc) is 3.60. The van der Waals surface area contributed by atoms with Gasteiger partial charge in [-0.05, 0) is 59.7 Å². The van der Waals surface area contributed by atoms with Crippen molar-refractivity contribution >= 4 is 35.2 Å². The molecule has 1 atom stereocenters. The van der Waals surface area contributed by atoms with Crippen LogP contribution in [0.4, 0.5) is 5.69 Å². The van der Waals surface area contributed by atoms with Crippen molar-refractivity contribution in [1.82, 2.24) is 35.7 Å². The van der Waals surface area contributed by atoms with Crippen molar-refractivity contribution in [3.8, 4) is 17.1 Å². The zero-order valence-electron chi connectivity index (χ0n) is 19.4. The van der Waals surface area contributed by atoms with E-state index in [1.807, 2.05) is 24.3 Å². The van der Waals surface area contributed by atoms with Crippen LogP contribution in [0.25, 0.3) is 23.2 Å². The minimum Gasteiger partial charge on any atom is -0.418 e. The molecule has 2 aromatic heterocycles. The fourth-order valence-corrected chi connectivity index (χ4v) is 3.97. The number of nitrogens with zero attached hydrogens (tertiary/aromatic N) is 6. The lowest BCUT2D eigenvalue weighted by Gasteiger charge is -2.12. The first kappa shape index (κ1) is 24.1. The van der Waals surface area contributed by atoms with Crippen molar-refractivity contribution in [2.24, 2.45) is 0 Å². The molecule has 186 valence electrons. The van der Waals surface area contributed by atoms with Crippen molar-refractivity contribution in [3.63, 3.8) is 0 Å². The molecule has 2 bridgehead atoms. The number of carbonyl (C=O) groups is 2. The number of anilines is 1. The minimum absolute atomic E-state index is 0.117. The van der Waals surface area contributed by atoms with Gasteiger partial charge in [0.15, 0.2) is 0 Å². The first-order chi connectivity index (χ1) is 18.1. The predicted octanol–water partition coefficient (Wildman–Crippen LogP) is 3.92. The van der Waals surface area contributed by atoms with E-state index in [4.69, 9.17) is 16.0 Å². The van der Waals surface area contributed by atoms with Crippen LogP contribution in [0.1, 0.15) is 36.8 Å². The molecule has 5 rings (SSSR count). The summed E-state index contributed by atoms with van der Waals surface area (Å²) in [6.07, 6.45) is 9.51. The van der Waals surface area contributed by atoms with Crippen LogP contribution >= 0.6 is 11.6 Å². The van der Waals surface area contributed by atoms with Crippen LogP contribution in [0.3, 0.4) is 0 Å². The Bertz CT molecular complexity index is 1480. The average molecular weight is 517 g/mol. The normalized spacial score (nSPS) is 15.8. The van der Waals surface area contributed by atoms with Crippen molar-refractivity contribution < 1.29 is 14.0 Å². The number of hydrogen-bond acceptors (Lipinski definition) is 8. The maximum atomic E-state index is 12.9. The Kier molecular flexibility index (Phi) is 7.13. The summed E-state index contributed by atoms with van der Waals surface area (Å²) in [6, 6.07) is 11.8. The van der Waals surface area contributed by atoms with Crippen molar-refractivity contribution in [1.29, 1.82) is 0 Å². The molecule has 4 aromatic rings. The van der Waals surface area contributed by atoms with Gasteiger partial charge in [-0.1, -0.05) is 35.9 Å². The van der Waals surface area contributed by atoms with Crippen LogP contribution in [0.15, 0.2) is 71.4 Å². The SMILES string of the molecule is O=C(/C=C/c1cc(Cl)ccc1-n1cnnn1)N[C@H]1CC=CCCC(=O)Nc2ccccc2-c2nnc1o2. The van der Waals surface area contributed by atoms with E-state index in [1.165, 1.54) is 17.1 Å². The number of benzene rings is 2. The smallest absolute Gasteiger partial charge is 0.249 e. The van der Waals surface area contributed by atoms with Gasteiger partial charge in [-0.2, -0.15) is 4.68 Å². The highest BCUT2D eigenvalue weighted by Gasteiger charge is 2.22. The molecule has 3 heterocycles. The van der Waals surface area contributed by atoms with Crippen LogP contribution in [0.5, 0.6) is 0 Å². The maximum absolute atomic E-state index is 12.9. The minimum atomic E-state index is -0.579. The van der Waals surface area contributed by atoms with Crippen molar-refractivity contribution in [3.05, 3.63) is 83.5 Å². The van der Waals surface area contributed by atoms with E-state index in [1.54, 1.807) is 36.4 Å². The van der Waals surface area contributed by atoms with E-state index >= 15 is 0 Å². The summed E-state index contributed by atoms with van der Waals surface area (Å²) in [4.78, 5) is 25.2. The molecule has 2 N–H and O–H groups in total. The maximum Gasteiger partial charge on any atom is 0.249 e. The molecule has 2 aromatic carbocycles. The van der Waals surface area contributed by atoms with Gasteiger partial charge in [0, 0.05) is 23.1 Å². The molecule has 1 aliphatic rings. The largest absolute Gasteiger partial charge is 0.418 e. The summed E-state index contributed by atoms with van der Waals surface area (Å²) in [5, 5.41) is 25.8. The highest BCUT2D eigenvalue weighted by molar-refractivity contribution is 6.30. The molecular weight excluding hydrogens is 496 g/mol. The molecule has 1 aliphatic heterocycles. The lowest BCUT2D eigenvalue weighted by Crippen LogP contribution is -2.26. The Morgan fingerprint density at radius 1 is 1.19 bits per heavy atom. The summed E-state index contributed by atoms with van der Waals surface area (Å²) in [5.74, 6) is 0.00308. The summed E-state index contributed by atoms with van der Waals surface area (Å²) in [5.41, 5.74) is 2.49. The third-order valence-corrected chi connectivity index (χ3v) is 5.80. The molecule has 37 heavy (non-hydrogen) atoms. The van der Waals surface area contributed by atoms with E-state index in [0.717, 1.165) is 0 Å². The lowest BCUT2D eigenvalue weighted by molar-refractivity contribution is -0.117. The molecular formula is C25H21ClN8O3. The van der Waals surface area contributed by atoms with Crippen LogP contribution in [0, 0.1) is 0 Å². The summed E-state index contributed by atoms with van der Waals surface area (Å²) < 4.78 is 7.41. The molecule has 0 saturated heterocycles. The second kappa shape index (κ2) is 11.0.